The summed E-state index contributed by atoms with van der Waals surface area (Å²) < 4.78 is 0.868. The second-order valence-electron chi connectivity index (χ2n) is 5.64. The Kier molecular flexibility index (Phi) is 5.23. The van der Waals surface area contributed by atoms with Crippen LogP contribution in [0.25, 0.3) is 0 Å². The van der Waals surface area contributed by atoms with Crippen molar-refractivity contribution in [2.75, 3.05) is 23.3 Å². The maximum Gasteiger partial charge on any atom is 0.256 e. The molecule has 1 saturated heterocycles. The second-order valence-corrected chi connectivity index (χ2v) is 6.56. The molecule has 1 aromatic heterocycles. The van der Waals surface area contributed by atoms with Crippen LogP contribution in [0.5, 0.6) is 0 Å². The molecule has 0 aliphatic carbocycles. The molecule has 3 rings (SSSR count). The van der Waals surface area contributed by atoms with E-state index in [9.17, 15) is 4.79 Å². The number of rotatable bonds is 3. The van der Waals surface area contributed by atoms with Crippen LogP contribution < -0.4 is 10.2 Å². The highest BCUT2D eigenvalue weighted by atomic mass is 79.9. The minimum absolute atomic E-state index is 0.192. The summed E-state index contributed by atoms with van der Waals surface area (Å²) in [4.78, 5) is 14.5. The van der Waals surface area contributed by atoms with Crippen LogP contribution in [0.4, 0.5) is 11.6 Å². The van der Waals surface area contributed by atoms with Crippen molar-refractivity contribution in [1.29, 1.82) is 0 Å². The number of nitrogens with zero attached hydrogens (tertiary/aromatic N) is 3. The van der Waals surface area contributed by atoms with E-state index in [-0.39, 0.29) is 5.91 Å². The zero-order chi connectivity index (χ0) is 16.1. The van der Waals surface area contributed by atoms with E-state index in [0.29, 0.717) is 11.4 Å². The maximum atomic E-state index is 12.2. The number of benzene rings is 1. The third kappa shape index (κ3) is 4.28. The Morgan fingerprint density at radius 2 is 1.83 bits per heavy atom. The normalized spacial score (nSPS) is 15.1. The first kappa shape index (κ1) is 15.9. The Hall–Kier alpha value is -1.95. The lowest BCUT2D eigenvalue weighted by Crippen LogP contribution is -2.25. The van der Waals surface area contributed by atoms with Crippen molar-refractivity contribution in [1.82, 2.24) is 10.2 Å². The number of carbonyl (C=O) groups is 1. The quantitative estimate of drug-likeness (QED) is 0.885. The van der Waals surface area contributed by atoms with E-state index in [4.69, 9.17) is 0 Å². The largest absolute Gasteiger partial charge is 0.355 e. The molecule has 1 aliphatic heterocycles. The molecule has 1 amide bonds. The van der Waals surface area contributed by atoms with Gasteiger partial charge in [0.05, 0.1) is 0 Å². The highest BCUT2D eigenvalue weighted by Crippen LogP contribution is 2.18. The van der Waals surface area contributed by atoms with Gasteiger partial charge in [0.25, 0.3) is 5.91 Å². The third-order valence-corrected chi connectivity index (χ3v) is 4.40. The molecule has 0 unspecified atom stereocenters. The lowest BCUT2D eigenvalue weighted by molar-refractivity contribution is 0.102. The lowest BCUT2D eigenvalue weighted by Gasteiger charge is -2.20. The van der Waals surface area contributed by atoms with Crippen LogP contribution in [-0.4, -0.2) is 29.2 Å². The third-order valence-electron chi connectivity index (χ3n) is 3.91. The molecule has 6 heteroatoms. The molecule has 1 aliphatic rings. The molecule has 0 saturated carbocycles. The predicted octanol–water partition coefficient (Wildman–Crippen LogP) is 3.87. The van der Waals surface area contributed by atoms with Gasteiger partial charge < -0.3 is 10.2 Å². The molecule has 120 valence electrons. The van der Waals surface area contributed by atoms with Gasteiger partial charge in [-0.2, -0.15) is 0 Å². The van der Waals surface area contributed by atoms with Crippen molar-refractivity contribution in [2.45, 2.75) is 25.7 Å². The molecule has 5 nitrogen and oxygen atoms in total. The van der Waals surface area contributed by atoms with Gasteiger partial charge in [-0.25, -0.2) is 0 Å². The molecule has 1 fully saturated rings. The smallest absolute Gasteiger partial charge is 0.256 e. The van der Waals surface area contributed by atoms with Crippen molar-refractivity contribution in [3.05, 3.63) is 46.4 Å². The Labute approximate surface area is 144 Å². The average molecular weight is 375 g/mol. The van der Waals surface area contributed by atoms with Gasteiger partial charge >= 0.3 is 0 Å². The highest BCUT2D eigenvalue weighted by Gasteiger charge is 2.12. The lowest BCUT2D eigenvalue weighted by atomic mass is 10.2. The number of amides is 1. The van der Waals surface area contributed by atoms with Crippen molar-refractivity contribution in [2.24, 2.45) is 0 Å². The van der Waals surface area contributed by atoms with Crippen LogP contribution in [0.15, 0.2) is 40.9 Å². The van der Waals surface area contributed by atoms with E-state index in [2.05, 4.69) is 36.3 Å². The van der Waals surface area contributed by atoms with Crippen molar-refractivity contribution < 1.29 is 4.79 Å². The Morgan fingerprint density at radius 3 is 2.48 bits per heavy atom. The Balaban J connectivity index is 1.66. The number of anilines is 2. The first-order chi connectivity index (χ1) is 11.2. The summed E-state index contributed by atoms with van der Waals surface area (Å²) in [6.45, 7) is 2.05. The molecule has 2 aromatic rings. The molecule has 1 aromatic carbocycles. The van der Waals surface area contributed by atoms with Gasteiger partial charge in [-0.1, -0.05) is 34.8 Å². The predicted molar refractivity (Wildman–Crippen MR) is 94.8 cm³/mol. The van der Waals surface area contributed by atoms with Gasteiger partial charge in [0, 0.05) is 23.1 Å². The fourth-order valence-corrected chi connectivity index (χ4v) is 3.08. The first-order valence-corrected chi connectivity index (χ1v) is 8.67. The molecular formula is C17H19BrN4O. The average Bonchev–Trinajstić information content (AvgIpc) is 2.85. The van der Waals surface area contributed by atoms with Crippen LogP contribution in [0.2, 0.25) is 0 Å². The van der Waals surface area contributed by atoms with Crippen LogP contribution in [0, 0.1) is 0 Å². The molecule has 0 bridgehead atoms. The number of nitrogens with one attached hydrogen (secondary N) is 1. The van der Waals surface area contributed by atoms with E-state index in [1.54, 1.807) is 12.1 Å². The van der Waals surface area contributed by atoms with Crippen molar-refractivity contribution in [3.8, 4) is 0 Å². The van der Waals surface area contributed by atoms with Gasteiger partial charge in [-0.05, 0) is 43.2 Å². The summed E-state index contributed by atoms with van der Waals surface area (Å²) in [6.07, 6.45) is 4.96. The first-order valence-electron chi connectivity index (χ1n) is 7.88. The monoisotopic (exact) mass is 374 g/mol. The van der Waals surface area contributed by atoms with Gasteiger partial charge in [0.15, 0.2) is 11.6 Å². The fourth-order valence-electron chi connectivity index (χ4n) is 2.68. The highest BCUT2D eigenvalue weighted by molar-refractivity contribution is 9.10. The molecule has 1 N–H and O–H groups in total. The number of carbonyl (C=O) groups excluding carboxylic acids is 1. The molecular weight excluding hydrogens is 356 g/mol. The van der Waals surface area contributed by atoms with Crippen molar-refractivity contribution in [3.63, 3.8) is 0 Å². The van der Waals surface area contributed by atoms with Crippen LogP contribution in [0.1, 0.15) is 36.0 Å². The fraction of sp³-hybridized carbons (Fsp3) is 0.353. The second kappa shape index (κ2) is 7.55. The number of halogens is 1. The summed E-state index contributed by atoms with van der Waals surface area (Å²) in [6, 6.07) is 11.0. The van der Waals surface area contributed by atoms with E-state index >= 15 is 0 Å². The molecule has 0 radical (unpaired) electrons. The maximum absolute atomic E-state index is 12.2. The van der Waals surface area contributed by atoms with Crippen LogP contribution >= 0.6 is 15.9 Å². The Morgan fingerprint density at radius 1 is 1.04 bits per heavy atom. The van der Waals surface area contributed by atoms with Gasteiger partial charge in [0.1, 0.15) is 0 Å². The minimum Gasteiger partial charge on any atom is -0.355 e. The molecule has 23 heavy (non-hydrogen) atoms. The summed E-state index contributed by atoms with van der Waals surface area (Å²) in [5.74, 6) is 1.16. The molecule has 0 spiro atoms. The van der Waals surface area contributed by atoms with E-state index in [1.807, 2.05) is 24.3 Å². The van der Waals surface area contributed by atoms with Gasteiger partial charge in [0.2, 0.25) is 0 Å². The van der Waals surface area contributed by atoms with Crippen molar-refractivity contribution >= 4 is 33.5 Å². The Bertz CT molecular complexity index is 667. The molecule has 0 atom stereocenters. The van der Waals surface area contributed by atoms with Gasteiger partial charge in [-0.15, -0.1) is 10.2 Å². The minimum atomic E-state index is -0.192. The SMILES string of the molecule is O=C(Nc1ccc(N2CCCCCC2)nn1)c1cccc(Br)c1. The summed E-state index contributed by atoms with van der Waals surface area (Å²) in [7, 11) is 0. The zero-order valence-corrected chi connectivity index (χ0v) is 14.4. The van der Waals surface area contributed by atoms with E-state index < -0.39 is 0 Å². The summed E-state index contributed by atoms with van der Waals surface area (Å²) in [5.41, 5.74) is 0.581. The topological polar surface area (TPSA) is 58.1 Å². The number of aromatic nitrogens is 2. The number of hydrogen-bond acceptors (Lipinski definition) is 4. The zero-order valence-electron chi connectivity index (χ0n) is 12.8. The van der Waals surface area contributed by atoms with E-state index in [1.165, 1.54) is 25.7 Å². The summed E-state index contributed by atoms with van der Waals surface area (Å²) in [5, 5.41) is 11.2. The van der Waals surface area contributed by atoms with Crippen LogP contribution in [-0.2, 0) is 0 Å². The standard InChI is InChI=1S/C17H19BrN4O/c18-14-7-5-6-13(12-14)17(23)19-15-8-9-16(21-20-15)22-10-3-1-2-4-11-22/h5-9,12H,1-4,10-11H2,(H,19,20,23). The van der Waals surface area contributed by atoms with E-state index in [0.717, 1.165) is 23.4 Å². The number of hydrogen-bond donors (Lipinski definition) is 1. The van der Waals surface area contributed by atoms with Gasteiger partial charge in [-0.3, -0.25) is 4.79 Å². The van der Waals surface area contributed by atoms with Crippen LogP contribution in [0.3, 0.4) is 0 Å². The summed E-state index contributed by atoms with van der Waals surface area (Å²) >= 11 is 3.36. The molecule has 2 heterocycles.